The number of alkyl halides is 9. The van der Waals surface area contributed by atoms with E-state index >= 15 is 4.39 Å². The van der Waals surface area contributed by atoms with Gasteiger partial charge in [-0.2, -0.15) is 52.7 Å². The average molecular weight is 640 g/mol. The maximum absolute atomic E-state index is 15.1. The van der Waals surface area contributed by atoms with Crippen LogP contribution in [0.3, 0.4) is 0 Å². The summed E-state index contributed by atoms with van der Waals surface area (Å²) in [7, 11) is 0. The van der Waals surface area contributed by atoms with Crippen LogP contribution in [0.25, 0.3) is 0 Å². The first-order chi connectivity index (χ1) is 18.9. The third-order valence-corrected chi connectivity index (χ3v) is 5.04. The zero-order chi connectivity index (χ0) is 32.4. The molecule has 0 saturated carbocycles. The van der Waals surface area contributed by atoms with Gasteiger partial charge in [0.2, 0.25) is 29.0 Å². The molecule has 0 aliphatic heterocycles. The largest absolute Gasteiger partial charge is 0.448 e. The van der Waals surface area contributed by atoms with Crippen molar-refractivity contribution in [3.63, 3.8) is 0 Å². The topological polar surface area (TPSA) is 70.5 Å². The molecule has 4 N–H and O–H groups in total. The van der Waals surface area contributed by atoms with Gasteiger partial charge in [0.1, 0.15) is 22.5 Å². The molecule has 0 aromatic heterocycles. The van der Waals surface area contributed by atoms with Gasteiger partial charge < -0.3 is 20.9 Å². The van der Waals surface area contributed by atoms with Crippen molar-refractivity contribution in [2.75, 3.05) is 11.5 Å². The summed E-state index contributed by atoms with van der Waals surface area (Å²) in [5.74, 6) is -33.2. The van der Waals surface area contributed by atoms with Gasteiger partial charge in [0.25, 0.3) is 0 Å². The standard InChI is InChI=1S/C21H5F17N2O2/c22-2-1-3(41-17-10(26)8(24)5(20(33,34)35)14(39)12(17)28)7(23)16(4(2)19(30,31)32)42-18-11(27)9(25)6(21(36,37)38)15(40)13(18)29/h1H,39-40H2. The number of hydrogen-bond acceptors (Lipinski definition) is 4. The van der Waals surface area contributed by atoms with Gasteiger partial charge in [-0.3, -0.25) is 0 Å². The highest BCUT2D eigenvalue weighted by molar-refractivity contribution is 5.59. The monoisotopic (exact) mass is 640 g/mol. The predicted molar refractivity (Wildman–Crippen MR) is 103 cm³/mol. The number of hydrogen-bond donors (Lipinski definition) is 2. The third kappa shape index (κ3) is 5.33. The Morgan fingerprint density at radius 3 is 1.14 bits per heavy atom. The van der Waals surface area contributed by atoms with E-state index in [1.807, 2.05) is 0 Å². The highest BCUT2D eigenvalue weighted by Gasteiger charge is 2.45. The first-order valence-corrected chi connectivity index (χ1v) is 9.93. The summed E-state index contributed by atoms with van der Waals surface area (Å²) in [6.07, 6.45) is -17.9. The molecule has 4 nitrogen and oxygen atoms in total. The molecule has 0 saturated heterocycles. The molecule has 3 rings (SSSR count). The molecule has 0 fully saturated rings. The van der Waals surface area contributed by atoms with Crippen LogP contribution < -0.4 is 20.9 Å². The molecule has 0 radical (unpaired) electrons. The molecular weight excluding hydrogens is 635 g/mol. The van der Waals surface area contributed by atoms with E-state index in [1.165, 1.54) is 0 Å². The van der Waals surface area contributed by atoms with Crippen LogP contribution in [-0.4, -0.2) is 0 Å². The van der Waals surface area contributed by atoms with Gasteiger partial charge in [-0.15, -0.1) is 0 Å². The van der Waals surface area contributed by atoms with Gasteiger partial charge in [-0.25, -0.2) is 22.0 Å². The second-order valence-electron chi connectivity index (χ2n) is 7.69. The number of nitrogens with two attached hydrogens (primary N) is 2. The van der Waals surface area contributed by atoms with Gasteiger partial charge in [-0.1, -0.05) is 0 Å². The van der Waals surface area contributed by atoms with E-state index in [4.69, 9.17) is 11.5 Å². The van der Waals surface area contributed by atoms with Crippen molar-refractivity contribution in [2.24, 2.45) is 0 Å². The van der Waals surface area contributed by atoms with Gasteiger partial charge in [0.15, 0.2) is 34.8 Å². The van der Waals surface area contributed by atoms with Gasteiger partial charge in [0.05, 0.1) is 11.4 Å². The number of rotatable bonds is 4. The lowest BCUT2D eigenvalue weighted by atomic mass is 10.1. The summed E-state index contributed by atoms with van der Waals surface area (Å²) in [5, 5.41) is 0. The zero-order valence-electron chi connectivity index (χ0n) is 19.0. The molecule has 21 heteroatoms. The molecule has 0 unspecified atom stereocenters. The summed E-state index contributed by atoms with van der Waals surface area (Å²) in [6.45, 7) is 0. The molecule has 0 spiro atoms. The first kappa shape index (κ1) is 32.2. The van der Waals surface area contributed by atoms with Crippen LogP contribution in [0, 0.1) is 46.5 Å². The molecular formula is C21H5F17N2O2. The first-order valence-electron chi connectivity index (χ1n) is 9.93. The van der Waals surface area contributed by atoms with E-state index < -0.39 is 122 Å². The second kappa shape index (κ2) is 10.2. The minimum atomic E-state index is -6.12. The van der Waals surface area contributed by atoms with Gasteiger partial charge in [-0.05, 0) is 0 Å². The number of ether oxygens (including phenoxy) is 2. The lowest BCUT2D eigenvalue weighted by Crippen LogP contribution is -2.17. The van der Waals surface area contributed by atoms with Crippen LogP contribution in [0.15, 0.2) is 6.07 Å². The maximum atomic E-state index is 15.1. The number of halogens is 17. The summed E-state index contributed by atoms with van der Waals surface area (Å²) in [4.78, 5) is 0. The Morgan fingerprint density at radius 2 is 0.786 bits per heavy atom. The molecule has 230 valence electrons. The quantitative estimate of drug-likeness (QED) is 0.170. The van der Waals surface area contributed by atoms with E-state index in [2.05, 4.69) is 9.47 Å². The van der Waals surface area contributed by atoms with E-state index in [-0.39, 0.29) is 0 Å². The summed E-state index contributed by atoms with van der Waals surface area (Å²) >= 11 is 0. The second-order valence-corrected chi connectivity index (χ2v) is 7.69. The fourth-order valence-corrected chi connectivity index (χ4v) is 3.27. The van der Waals surface area contributed by atoms with Crippen LogP contribution in [0.1, 0.15) is 16.7 Å². The van der Waals surface area contributed by atoms with Crippen molar-refractivity contribution in [2.45, 2.75) is 18.5 Å². The van der Waals surface area contributed by atoms with Gasteiger partial charge in [0, 0.05) is 6.07 Å². The summed E-state index contributed by atoms with van der Waals surface area (Å²) in [6, 6.07) is -0.704. The Balaban J connectivity index is 2.32. The van der Waals surface area contributed by atoms with Crippen LogP contribution >= 0.6 is 0 Å². The van der Waals surface area contributed by atoms with E-state index in [0.29, 0.717) is 0 Å². The highest BCUT2D eigenvalue weighted by Crippen LogP contribution is 2.49. The van der Waals surface area contributed by atoms with Crippen LogP contribution in [0.5, 0.6) is 23.0 Å². The Hall–Kier alpha value is -4.33. The molecule has 0 amide bonds. The predicted octanol–water partition coefficient (Wildman–Crippen LogP) is 8.60. The Kier molecular flexibility index (Phi) is 7.81. The highest BCUT2D eigenvalue weighted by atomic mass is 19.4. The SMILES string of the molecule is Nc1c(F)c(Oc2cc(F)c(C(F)(F)F)c(Oc3c(F)c(N)c(C(F)(F)F)c(F)c3F)c2F)c(F)c(F)c1C(F)(F)F. The molecule has 0 atom stereocenters. The lowest BCUT2D eigenvalue weighted by Gasteiger charge is -2.20. The molecule has 3 aromatic carbocycles. The van der Waals surface area contributed by atoms with Crippen molar-refractivity contribution in [1.29, 1.82) is 0 Å². The zero-order valence-corrected chi connectivity index (χ0v) is 19.0. The minimum Gasteiger partial charge on any atom is -0.448 e. The van der Waals surface area contributed by atoms with Crippen molar-refractivity contribution in [3.8, 4) is 23.0 Å². The Bertz CT molecular complexity index is 1530. The minimum absolute atomic E-state index is 0.704. The lowest BCUT2D eigenvalue weighted by molar-refractivity contribution is -0.141. The smallest absolute Gasteiger partial charge is 0.422 e. The molecule has 42 heavy (non-hydrogen) atoms. The van der Waals surface area contributed by atoms with Gasteiger partial charge >= 0.3 is 18.5 Å². The summed E-state index contributed by atoms with van der Waals surface area (Å²) in [5.41, 5.74) is -3.65. The van der Waals surface area contributed by atoms with Crippen LogP contribution in [0.4, 0.5) is 86.0 Å². The normalized spacial score (nSPS) is 12.6. The Morgan fingerprint density at radius 1 is 0.429 bits per heavy atom. The van der Waals surface area contributed by atoms with Crippen LogP contribution in [0.2, 0.25) is 0 Å². The van der Waals surface area contributed by atoms with Crippen LogP contribution in [-0.2, 0) is 18.5 Å². The van der Waals surface area contributed by atoms with Crippen molar-refractivity contribution in [3.05, 3.63) is 69.3 Å². The molecule has 0 aliphatic carbocycles. The molecule has 0 bridgehead atoms. The number of anilines is 2. The fourth-order valence-electron chi connectivity index (χ4n) is 3.27. The molecule has 0 aliphatic rings. The average Bonchev–Trinajstić information content (AvgIpc) is 2.82. The summed E-state index contributed by atoms with van der Waals surface area (Å²) < 4.78 is 241. The molecule has 3 aromatic rings. The van der Waals surface area contributed by atoms with E-state index in [1.54, 1.807) is 0 Å². The maximum Gasteiger partial charge on any atom is 0.422 e. The number of benzene rings is 3. The van der Waals surface area contributed by atoms with Crippen molar-refractivity contribution >= 4 is 11.4 Å². The van der Waals surface area contributed by atoms with E-state index in [9.17, 15) is 70.2 Å². The number of nitrogen functional groups attached to an aromatic ring is 2. The molecule has 0 heterocycles. The van der Waals surface area contributed by atoms with E-state index in [0.717, 1.165) is 0 Å². The van der Waals surface area contributed by atoms with Crippen molar-refractivity contribution in [1.82, 2.24) is 0 Å². The van der Waals surface area contributed by atoms with Crippen molar-refractivity contribution < 1.29 is 84.1 Å². The Labute approximate surface area is 218 Å². The fraction of sp³-hybridized carbons (Fsp3) is 0.143. The third-order valence-electron chi connectivity index (χ3n) is 5.04.